The van der Waals surface area contributed by atoms with Crippen molar-refractivity contribution >= 4 is 41.0 Å². The van der Waals surface area contributed by atoms with Gasteiger partial charge in [-0.1, -0.05) is 12.1 Å². The van der Waals surface area contributed by atoms with E-state index in [9.17, 15) is 0 Å². The number of aliphatic imine (C=N–C) groups is 1. The largest absolute Gasteiger partial charge is 0.357 e. The van der Waals surface area contributed by atoms with E-state index in [2.05, 4.69) is 67.4 Å². The molecule has 2 N–H and O–H groups in total. The van der Waals surface area contributed by atoms with Crippen LogP contribution in [0.25, 0.3) is 11.0 Å². The zero-order valence-electron chi connectivity index (χ0n) is 16.0. The molecule has 0 unspecified atom stereocenters. The molecule has 0 aliphatic carbocycles. The number of imidazole rings is 1. The average molecular weight is 482 g/mol. The minimum atomic E-state index is 0. The van der Waals surface area contributed by atoms with Gasteiger partial charge in [0, 0.05) is 26.7 Å². The van der Waals surface area contributed by atoms with Crippen molar-refractivity contribution in [3.8, 4) is 0 Å². The molecule has 1 aromatic carbocycles. The summed E-state index contributed by atoms with van der Waals surface area (Å²) in [5, 5.41) is 14.6. The molecule has 146 valence electrons. The number of guanidine groups is 1. The number of hydrogen-bond donors (Lipinski definition) is 2. The molecular formula is C18H27IN8. The molecule has 0 aliphatic rings. The van der Waals surface area contributed by atoms with Crippen molar-refractivity contribution in [2.75, 3.05) is 13.1 Å². The summed E-state index contributed by atoms with van der Waals surface area (Å²) in [6, 6.07) is 8.26. The standard InChI is InChI=1S/C18H26N8.HI/c1-4-19-18(21-12-17-24-22-13-25(17)3)20-10-7-11-26-14(2)23-15-8-5-6-9-16(15)26;/h5-6,8-9,13H,4,7,10-12H2,1-3H3,(H2,19,20,21);1H. The van der Waals surface area contributed by atoms with E-state index in [0.717, 1.165) is 49.2 Å². The van der Waals surface area contributed by atoms with E-state index in [1.54, 1.807) is 6.33 Å². The summed E-state index contributed by atoms with van der Waals surface area (Å²) in [6.45, 7) is 7.17. The SMILES string of the molecule is CCNC(=NCc1nncn1C)NCCCn1c(C)nc2ccccc21.I. The Hall–Kier alpha value is -2.17. The maximum atomic E-state index is 4.61. The maximum Gasteiger partial charge on any atom is 0.191 e. The van der Waals surface area contributed by atoms with Gasteiger partial charge in [0.05, 0.1) is 11.0 Å². The van der Waals surface area contributed by atoms with E-state index in [1.807, 2.05) is 17.7 Å². The Morgan fingerprint density at radius 2 is 2.04 bits per heavy atom. The molecule has 0 atom stereocenters. The molecule has 2 aromatic heterocycles. The predicted octanol–water partition coefficient (Wildman–Crippen LogP) is 2.24. The Bertz CT molecular complexity index is 883. The first-order valence-corrected chi connectivity index (χ1v) is 8.96. The first-order valence-electron chi connectivity index (χ1n) is 8.96. The molecule has 27 heavy (non-hydrogen) atoms. The number of fused-ring (bicyclic) bond motifs is 1. The fourth-order valence-electron chi connectivity index (χ4n) is 2.86. The first-order chi connectivity index (χ1) is 12.7. The van der Waals surface area contributed by atoms with E-state index in [0.29, 0.717) is 6.54 Å². The van der Waals surface area contributed by atoms with Crippen LogP contribution in [0.15, 0.2) is 35.6 Å². The lowest BCUT2D eigenvalue weighted by molar-refractivity contribution is 0.624. The fourth-order valence-corrected chi connectivity index (χ4v) is 2.86. The van der Waals surface area contributed by atoms with Gasteiger partial charge in [-0.05, 0) is 32.4 Å². The van der Waals surface area contributed by atoms with Crippen LogP contribution in [0.1, 0.15) is 25.0 Å². The summed E-state index contributed by atoms with van der Waals surface area (Å²) in [6.07, 6.45) is 2.67. The van der Waals surface area contributed by atoms with Crippen LogP contribution < -0.4 is 10.6 Å². The van der Waals surface area contributed by atoms with Crippen molar-refractivity contribution in [2.24, 2.45) is 12.0 Å². The molecule has 2 heterocycles. The molecular weight excluding hydrogens is 455 g/mol. The van der Waals surface area contributed by atoms with Crippen LogP contribution in [0.2, 0.25) is 0 Å². The molecule has 9 heteroatoms. The highest BCUT2D eigenvalue weighted by atomic mass is 127. The first kappa shape index (κ1) is 21.1. The summed E-state index contributed by atoms with van der Waals surface area (Å²) >= 11 is 0. The Morgan fingerprint density at radius 3 is 2.78 bits per heavy atom. The average Bonchev–Trinajstić information content (AvgIpc) is 3.19. The van der Waals surface area contributed by atoms with E-state index < -0.39 is 0 Å². The van der Waals surface area contributed by atoms with Crippen molar-refractivity contribution in [2.45, 2.75) is 33.4 Å². The zero-order chi connectivity index (χ0) is 18.4. The molecule has 0 saturated heterocycles. The lowest BCUT2D eigenvalue weighted by atomic mass is 10.3. The van der Waals surface area contributed by atoms with Gasteiger partial charge in [-0.3, -0.25) is 0 Å². The second kappa shape index (κ2) is 10.2. The van der Waals surface area contributed by atoms with Gasteiger partial charge in [-0.25, -0.2) is 9.98 Å². The number of aryl methyl sites for hydroxylation is 3. The molecule has 0 fully saturated rings. The fraction of sp³-hybridized carbons (Fsp3) is 0.444. The van der Waals surface area contributed by atoms with E-state index in [4.69, 9.17) is 0 Å². The van der Waals surface area contributed by atoms with Gasteiger partial charge in [0.2, 0.25) is 0 Å². The number of nitrogens with one attached hydrogen (secondary N) is 2. The van der Waals surface area contributed by atoms with Crippen molar-refractivity contribution in [1.82, 2.24) is 34.9 Å². The summed E-state index contributed by atoms with van der Waals surface area (Å²) in [5.74, 6) is 2.68. The molecule has 0 spiro atoms. The van der Waals surface area contributed by atoms with Crippen LogP contribution in [0.5, 0.6) is 0 Å². The number of rotatable bonds is 7. The molecule has 8 nitrogen and oxygen atoms in total. The molecule has 3 aromatic rings. The van der Waals surface area contributed by atoms with Gasteiger partial charge in [-0.15, -0.1) is 34.2 Å². The Labute approximate surface area is 176 Å². The van der Waals surface area contributed by atoms with E-state index in [1.165, 1.54) is 5.52 Å². The highest BCUT2D eigenvalue weighted by molar-refractivity contribution is 14.0. The van der Waals surface area contributed by atoms with Gasteiger partial charge >= 0.3 is 0 Å². The van der Waals surface area contributed by atoms with Crippen LogP contribution in [0.3, 0.4) is 0 Å². The highest BCUT2D eigenvalue weighted by Crippen LogP contribution is 2.15. The number of benzene rings is 1. The topological polar surface area (TPSA) is 85.0 Å². The Balaban J connectivity index is 0.00000261. The number of halogens is 1. The smallest absolute Gasteiger partial charge is 0.191 e. The van der Waals surface area contributed by atoms with Gasteiger partial charge in [0.25, 0.3) is 0 Å². The maximum absolute atomic E-state index is 4.61. The summed E-state index contributed by atoms with van der Waals surface area (Å²) in [4.78, 5) is 9.18. The summed E-state index contributed by atoms with van der Waals surface area (Å²) in [7, 11) is 1.92. The van der Waals surface area contributed by atoms with Gasteiger partial charge in [0.1, 0.15) is 18.7 Å². The van der Waals surface area contributed by atoms with Gasteiger partial charge in [0.15, 0.2) is 11.8 Å². The van der Waals surface area contributed by atoms with Gasteiger partial charge < -0.3 is 19.8 Å². The molecule has 0 aliphatic heterocycles. The predicted molar refractivity (Wildman–Crippen MR) is 118 cm³/mol. The van der Waals surface area contributed by atoms with Crippen LogP contribution in [0.4, 0.5) is 0 Å². The Morgan fingerprint density at radius 1 is 1.22 bits per heavy atom. The molecule has 0 amide bonds. The van der Waals surface area contributed by atoms with Crippen LogP contribution in [-0.2, 0) is 20.1 Å². The van der Waals surface area contributed by atoms with Crippen molar-refractivity contribution in [3.63, 3.8) is 0 Å². The number of para-hydroxylation sites is 2. The third-order valence-corrected chi connectivity index (χ3v) is 4.22. The third-order valence-electron chi connectivity index (χ3n) is 4.22. The lowest BCUT2D eigenvalue weighted by Gasteiger charge is -2.12. The molecule has 0 saturated carbocycles. The quantitative estimate of drug-likeness (QED) is 0.234. The minimum Gasteiger partial charge on any atom is -0.357 e. The second-order valence-corrected chi connectivity index (χ2v) is 6.13. The van der Waals surface area contributed by atoms with Crippen LogP contribution in [0, 0.1) is 6.92 Å². The number of nitrogens with zero attached hydrogens (tertiary/aromatic N) is 6. The van der Waals surface area contributed by atoms with Crippen LogP contribution >= 0.6 is 24.0 Å². The number of hydrogen-bond acceptors (Lipinski definition) is 4. The highest BCUT2D eigenvalue weighted by Gasteiger charge is 2.06. The van der Waals surface area contributed by atoms with Crippen molar-refractivity contribution in [3.05, 3.63) is 42.2 Å². The molecule has 0 bridgehead atoms. The second-order valence-electron chi connectivity index (χ2n) is 6.13. The normalized spacial score (nSPS) is 11.4. The van der Waals surface area contributed by atoms with Crippen molar-refractivity contribution in [1.29, 1.82) is 0 Å². The summed E-state index contributed by atoms with van der Waals surface area (Å²) in [5.41, 5.74) is 2.24. The molecule has 0 radical (unpaired) electrons. The Kier molecular flexibility index (Phi) is 8.01. The van der Waals surface area contributed by atoms with E-state index in [-0.39, 0.29) is 24.0 Å². The number of aromatic nitrogens is 5. The third kappa shape index (κ3) is 5.41. The minimum absolute atomic E-state index is 0. The van der Waals surface area contributed by atoms with Crippen molar-refractivity contribution < 1.29 is 0 Å². The van der Waals surface area contributed by atoms with Gasteiger partial charge in [-0.2, -0.15) is 0 Å². The lowest BCUT2D eigenvalue weighted by Crippen LogP contribution is -2.38. The van der Waals surface area contributed by atoms with Crippen LogP contribution in [-0.4, -0.2) is 43.4 Å². The zero-order valence-corrected chi connectivity index (χ0v) is 18.3. The molecule has 3 rings (SSSR count). The monoisotopic (exact) mass is 482 g/mol. The summed E-state index contributed by atoms with van der Waals surface area (Å²) < 4.78 is 4.14. The van der Waals surface area contributed by atoms with E-state index >= 15 is 0 Å².